The lowest BCUT2D eigenvalue weighted by molar-refractivity contribution is -0.870. The summed E-state index contributed by atoms with van der Waals surface area (Å²) in [6, 6.07) is -0.864. The minimum Gasteiger partial charge on any atom is -0.387 e. The Balaban J connectivity index is 4.03. The molecule has 0 saturated heterocycles. The van der Waals surface area contributed by atoms with Crippen LogP contribution in [0.15, 0.2) is 60.8 Å². The van der Waals surface area contributed by atoms with Gasteiger partial charge in [0.05, 0.1) is 39.9 Å². The van der Waals surface area contributed by atoms with Crippen LogP contribution in [0.5, 0.6) is 0 Å². The van der Waals surface area contributed by atoms with E-state index in [-0.39, 0.29) is 19.1 Å². The van der Waals surface area contributed by atoms with Crippen LogP contribution in [0.3, 0.4) is 0 Å². The summed E-state index contributed by atoms with van der Waals surface area (Å²) in [4.78, 5) is 23.3. The van der Waals surface area contributed by atoms with Crippen LogP contribution in [0.25, 0.3) is 0 Å². The van der Waals surface area contributed by atoms with Crippen molar-refractivity contribution < 1.29 is 32.9 Å². The fraction of sp³-hybridized carbons (Fsp3) is 0.828. The molecule has 73 heavy (non-hydrogen) atoms. The van der Waals surface area contributed by atoms with Gasteiger partial charge in [-0.1, -0.05) is 274 Å². The van der Waals surface area contributed by atoms with Gasteiger partial charge in [0, 0.05) is 6.42 Å². The van der Waals surface area contributed by atoms with E-state index in [1.807, 2.05) is 27.2 Å². The Morgan fingerprint density at radius 1 is 0.466 bits per heavy atom. The van der Waals surface area contributed by atoms with Gasteiger partial charge in [-0.2, -0.15) is 0 Å². The molecule has 0 aromatic carbocycles. The number of hydrogen-bond acceptors (Lipinski definition) is 5. The number of nitrogens with zero attached hydrogens (tertiary/aromatic N) is 1. The van der Waals surface area contributed by atoms with E-state index in [2.05, 4.69) is 67.8 Å². The zero-order valence-corrected chi connectivity index (χ0v) is 49.8. The lowest BCUT2D eigenvalue weighted by atomic mass is 10.0. The van der Waals surface area contributed by atoms with E-state index in [1.54, 1.807) is 6.08 Å². The molecule has 0 rings (SSSR count). The SMILES string of the molecule is CCCCCCC/C=C\C/C=C\C/C=C\CCCCCCCCCCCCCCCCCCCCCCC(=O)NC(COP(=O)(O)OCC[N+](C)(C)C)C(O)/C=C/CC/C=C/CCCCCCCCCCCC. The van der Waals surface area contributed by atoms with Crippen molar-refractivity contribution in [2.75, 3.05) is 40.9 Å². The van der Waals surface area contributed by atoms with Gasteiger partial charge in [-0.3, -0.25) is 13.8 Å². The molecule has 0 bridgehead atoms. The van der Waals surface area contributed by atoms with Crippen molar-refractivity contribution in [2.45, 2.75) is 302 Å². The van der Waals surface area contributed by atoms with Crippen molar-refractivity contribution in [3.8, 4) is 0 Å². The number of phosphoric acid groups is 1. The average molecular weight is 1050 g/mol. The molecule has 0 fully saturated rings. The molecule has 9 heteroatoms. The molecule has 428 valence electrons. The highest BCUT2D eigenvalue weighted by molar-refractivity contribution is 7.47. The van der Waals surface area contributed by atoms with Gasteiger partial charge in [0.25, 0.3) is 0 Å². The molecular weight excluding hydrogens is 924 g/mol. The molecule has 0 aliphatic heterocycles. The largest absolute Gasteiger partial charge is 0.472 e. The Morgan fingerprint density at radius 2 is 0.795 bits per heavy atom. The summed E-state index contributed by atoms with van der Waals surface area (Å²) < 4.78 is 23.7. The molecule has 0 aromatic heterocycles. The van der Waals surface area contributed by atoms with Gasteiger partial charge in [0.1, 0.15) is 13.2 Å². The van der Waals surface area contributed by atoms with E-state index in [1.165, 1.54) is 218 Å². The number of rotatable bonds is 57. The van der Waals surface area contributed by atoms with Gasteiger partial charge in [-0.15, -0.1) is 0 Å². The first kappa shape index (κ1) is 71.2. The molecule has 3 N–H and O–H groups in total. The lowest BCUT2D eigenvalue weighted by Crippen LogP contribution is -2.45. The molecule has 0 aromatic rings. The Kier molecular flexibility index (Phi) is 53.6. The average Bonchev–Trinajstić information content (AvgIpc) is 3.35. The monoisotopic (exact) mass is 1050 g/mol. The van der Waals surface area contributed by atoms with Gasteiger partial charge in [-0.05, 0) is 70.6 Å². The zero-order valence-electron chi connectivity index (χ0n) is 48.9. The van der Waals surface area contributed by atoms with Crippen molar-refractivity contribution >= 4 is 13.7 Å². The molecule has 8 nitrogen and oxygen atoms in total. The molecule has 0 aliphatic rings. The molecular formula is C64H122N2O6P+. The smallest absolute Gasteiger partial charge is 0.387 e. The van der Waals surface area contributed by atoms with Gasteiger partial charge in [-0.25, -0.2) is 4.57 Å². The fourth-order valence-corrected chi connectivity index (χ4v) is 9.80. The number of allylic oxidation sites excluding steroid dienone is 9. The number of aliphatic hydroxyl groups excluding tert-OH is 1. The number of carbonyl (C=O) groups excluding carboxylic acids is 1. The third kappa shape index (κ3) is 57.7. The zero-order chi connectivity index (χ0) is 53.5. The van der Waals surface area contributed by atoms with Crippen LogP contribution in [-0.2, 0) is 18.4 Å². The molecule has 3 atom stereocenters. The van der Waals surface area contributed by atoms with E-state index in [0.29, 0.717) is 17.4 Å². The Labute approximate surface area is 453 Å². The summed E-state index contributed by atoms with van der Waals surface area (Å²) in [5.41, 5.74) is 0. The van der Waals surface area contributed by atoms with Crippen molar-refractivity contribution in [1.29, 1.82) is 0 Å². The maximum absolute atomic E-state index is 13.0. The summed E-state index contributed by atoms with van der Waals surface area (Å²) in [7, 11) is 1.56. The van der Waals surface area contributed by atoms with Gasteiger partial charge in [0.15, 0.2) is 0 Å². The molecule has 3 unspecified atom stereocenters. The molecule has 0 radical (unpaired) electrons. The van der Waals surface area contributed by atoms with Crippen molar-refractivity contribution in [1.82, 2.24) is 5.32 Å². The molecule has 0 heterocycles. The number of nitrogens with one attached hydrogen (secondary N) is 1. The summed E-state index contributed by atoms with van der Waals surface area (Å²) in [5.74, 6) is -0.184. The highest BCUT2D eigenvalue weighted by Crippen LogP contribution is 2.43. The van der Waals surface area contributed by atoms with Gasteiger partial charge >= 0.3 is 7.82 Å². The summed E-state index contributed by atoms with van der Waals surface area (Å²) in [6.45, 7) is 4.80. The summed E-state index contributed by atoms with van der Waals surface area (Å²) in [5, 5.41) is 13.9. The number of likely N-dealkylation sites (N-methyl/N-ethyl adjacent to an activating group) is 1. The number of unbranched alkanes of at least 4 members (excludes halogenated alkanes) is 36. The second-order valence-corrected chi connectivity index (χ2v) is 23.9. The fourth-order valence-electron chi connectivity index (χ4n) is 9.07. The number of phosphoric ester groups is 1. The normalized spacial score (nSPS) is 14.2. The maximum atomic E-state index is 13.0. The second-order valence-electron chi connectivity index (χ2n) is 22.4. The number of carbonyl (C=O) groups is 1. The molecule has 0 spiro atoms. The quantitative estimate of drug-likeness (QED) is 0.0243. The topological polar surface area (TPSA) is 105 Å². The van der Waals surface area contributed by atoms with Crippen LogP contribution < -0.4 is 5.32 Å². The van der Waals surface area contributed by atoms with Crippen molar-refractivity contribution in [2.24, 2.45) is 0 Å². The van der Waals surface area contributed by atoms with E-state index >= 15 is 0 Å². The third-order valence-electron chi connectivity index (χ3n) is 14.0. The third-order valence-corrected chi connectivity index (χ3v) is 14.9. The Hall–Kier alpha value is -1.80. The predicted molar refractivity (Wildman–Crippen MR) is 318 cm³/mol. The number of hydrogen-bond donors (Lipinski definition) is 3. The predicted octanol–water partition coefficient (Wildman–Crippen LogP) is 19.3. The molecule has 0 saturated carbocycles. The van der Waals surface area contributed by atoms with E-state index in [4.69, 9.17) is 9.05 Å². The van der Waals surface area contributed by atoms with Crippen LogP contribution in [0.1, 0.15) is 290 Å². The second kappa shape index (κ2) is 55.0. The summed E-state index contributed by atoms with van der Waals surface area (Å²) in [6.07, 6.45) is 74.9. The maximum Gasteiger partial charge on any atom is 0.472 e. The summed E-state index contributed by atoms with van der Waals surface area (Å²) >= 11 is 0. The van der Waals surface area contributed by atoms with Crippen molar-refractivity contribution in [3.63, 3.8) is 0 Å². The minimum absolute atomic E-state index is 0.0562. The highest BCUT2D eigenvalue weighted by Gasteiger charge is 2.27. The lowest BCUT2D eigenvalue weighted by Gasteiger charge is -2.25. The van der Waals surface area contributed by atoms with Crippen LogP contribution >= 0.6 is 7.82 Å². The first-order chi connectivity index (χ1) is 35.5. The van der Waals surface area contributed by atoms with Gasteiger partial charge in [0.2, 0.25) is 5.91 Å². The Morgan fingerprint density at radius 3 is 1.19 bits per heavy atom. The first-order valence-corrected chi connectivity index (χ1v) is 32.7. The van der Waals surface area contributed by atoms with Crippen LogP contribution in [0.2, 0.25) is 0 Å². The standard InChI is InChI=1S/C64H121N2O6P/c1-6-8-10-12-14-16-18-20-22-24-25-26-27-28-29-30-31-32-33-34-35-36-37-38-39-40-41-42-44-46-48-50-52-54-56-58-64(68)65-62(61-72-73(69,70)71-60-59-66(3,4)5)63(67)57-55-53-51-49-47-45-43-23-21-19-17-15-13-11-9-7-2/h18,20,24-25,27-28,47,49,55,57,62-63,67H,6-17,19,21-23,26,29-46,48,50-54,56,58-61H2,1-5H3,(H-,65,68,69,70)/p+1/b20-18-,25-24-,28-27-,49-47+,57-55+. The Bertz CT molecular complexity index is 1370. The van der Waals surface area contributed by atoms with E-state index in [0.717, 1.165) is 51.4 Å². The van der Waals surface area contributed by atoms with Crippen molar-refractivity contribution in [3.05, 3.63) is 60.8 Å². The van der Waals surface area contributed by atoms with E-state index in [9.17, 15) is 19.4 Å². The van der Waals surface area contributed by atoms with Crippen LogP contribution in [-0.4, -0.2) is 73.4 Å². The number of amides is 1. The highest BCUT2D eigenvalue weighted by atomic mass is 31.2. The van der Waals surface area contributed by atoms with Crippen LogP contribution in [0, 0.1) is 0 Å². The van der Waals surface area contributed by atoms with Crippen LogP contribution in [0.4, 0.5) is 0 Å². The minimum atomic E-state index is -4.35. The molecule has 1 amide bonds. The first-order valence-electron chi connectivity index (χ1n) is 31.2. The number of aliphatic hydroxyl groups is 1. The number of quaternary nitrogens is 1. The van der Waals surface area contributed by atoms with Gasteiger partial charge < -0.3 is 19.8 Å². The molecule has 0 aliphatic carbocycles. The van der Waals surface area contributed by atoms with E-state index < -0.39 is 20.0 Å².